The van der Waals surface area contributed by atoms with Gasteiger partial charge in [0.25, 0.3) is 0 Å². The van der Waals surface area contributed by atoms with E-state index in [0.29, 0.717) is 20.1 Å². The molecular formula is C13H10Cl4N2. The van der Waals surface area contributed by atoms with Crippen molar-refractivity contribution in [3.8, 4) is 0 Å². The molecule has 2 aromatic rings. The first kappa shape index (κ1) is 14.9. The van der Waals surface area contributed by atoms with Crippen LogP contribution < -0.4 is 11.3 Å². The van der Waals surface area contributed by atoms with Crippen LogP contribution in [0.15, 0.2) is 36.4 Å². The fourth-order valence-electron chi connectivity index (χ4n) is 1.79. The number of rotatable bonds is 3. The molecule has 100 valence electrons. The lowest BCUT2D eigenvalue weighted by atomic mass is 9.99. The number of benzene rings is 2. The maximum atomic E-state index is 6.18. The van der Waals surface area contributed by atoms with Gasteiger partial charge >= 0.3 is 0 Å². The van der Waals surface area contributed by atoms with E-state index in [1.807, 2.05) is 6.07 Å². The Labute approximate surface area is 131 Å². The third kappa shape index (κ3) is 3.34. The summed E-state index contributed by atoms with van der Waals surface area (Å²) in [5, 5.41) is 2.09. The monoisotopic (exact) mass is 334 g/mol. The number of nitrogens with two attached hydrogens (primary N) is 1. The molecule has 0 aromatic heterocycles. The van der Waals surface area contributed by atoms with Crippen LogP contribution in [0.1, 0.15) is 17.2 Å². The molecule has 0 fully saturated rings. The summed E-state index contributed by atoms with van der Waals surface area (Å²) in [5.41, 5.74) is 4.33. The maximum Gasteiger partial charge on any atom is 0.0725 e. The summed E-state index contributed by atoms with van der Waals surface area (Å²) in [4.78, 5) is 0. The van der Waals surface area contributed by atoms with E-state index < -0.39 is 0 Å². The van der Waals surface area contributed by atoms with Crippen molar-refractivity contribution in [2.45, 2.75) is 6.04 Å². The predicted molar refractivity (Wildman–Crippen MR) is 82.1 cm³/mol. The van der Waals surface area contributed by atoms with Gasteiger partial charge in [0.2, 0.25) is 0 Å². The van der Waals surface area contributed by atoms with E-state index in [2.05, 4.69) is 5.43 Å². The van der Waals surface area contributed by atoms with E-state index in [1.54, 1.807) is 30.3 Å². The summed E-state index contributed by atoms with van der Waals surface area (Å²) in [7, 11) is 0. The molecule has 1 atom stereocenters. The highest BCUT2D eigenvalue weighted by atomic mass is 35.5. The second-order valence-electron chi connectivity index (χ2n) is 3.94. The van der Waals surface area contributed by atoms with Gasteiger partial charge in [-0.05, 0) is 41.5 Å². The summed E-state index contributed by atoms with van der Waals surface area (Å²) >= 11 is 24.1. The van der Waals surface area contributed by atoms with Crippen LogP contribution in [0.5, 0.6) is 0 Å². The number of hydrogen-bond acceptors (Lipinski definition) is 2. The van der Waals surface area contributed by atoms with Gasteiger partial charge in [-0.15, -0.1) is 0 Å². The molecule has 0 spiro atoms. The molecule has 0 heterocycles. The summed E-state index contributed by atoms with van der Waals surface area (Å²) in [6, 6.07) is 10.2. The van der Waals surface area contributed by atoms with Crippen LogP contribution in [-0.2, 0) is 0 Å². The number of hydrazine groups is 1. The van der Waals surface area contributed by atoms with Gasteiger partial charge in [0.05, 0.1) is 16.1 Å². The molecule has 19 heavy (non-hydrogen) atoms. The molecule has 0 saturated carbocycles. The van der Waals surface area contributed by atoms with Crippen LogP contribution in [0.4, 0.5) is 0 Å². The maximum absolute atomic E-state index is 6.18. The zero-order valence-electron chi connectivity index (χ0n) is 9.63. The van der Waals surface area contributed by atoms with Crippen molar-refractivity contribution in [1.82, 2.24) is 5.43 Å². The molecule has 0 bridgehead atoms. The van der Waals surface area contributed by atoms with Crippen molar-refractivity contribution in [3.05, 3.63) is 67.6 Å². The minimum atomic E-state index is -0.319. The third-order valence-corrected chi connectivity index (χ3v) is 4.03. The summed E-state index contributed by atoms with van der Waals surface area (Å²) in [5.74, 6) is 5.62. The number of nitrogens with one attached hydrogen (secondary N) is 1. The van der Waals surface area contributed by atoms with E-state index >= 15 is 0 Å². The molecule has 2 aromatic carbocycles. The molecule has 2 nitrogen and oxygen atoms in total. The SMILES string of the molecule is NNC(c1ccc(Cl)c(Cl)c1)c1cc(Cl)ccc1Cl. The fourth-order valence-corrected chi connectivity index (χ4v) is 2.51. The molecule has 1 unspecified atom stereocenters. The van der Waals surface area contributed by atoms with Crippen molar-refractivity contribution >= 4 is 46.4 Å². The van der Waals surface area contributed by atoms with Gasteiger partial charge in [0.15, 0.2) is 0 Å². The molecule has 0 saturated heterocycles. The normalized spacial score (nSPS) is 12.5. The lowest BCUT2D eigenvalue weighted by Crippen LogP contribution is -2.29. The van der Waals surface area contributed by atoms with Gasteiger partial charge < -0.3 is 0 Å². The molecule has 0 aliphatic heterocycles. The van der Waals surface area contributed by atoms with E-state index in [4.69, 9.17) is 52.2 Å². The molecule has 0 aliphatic rings. The van der Waals surface area contributed by atoms with Gasteiger partial charge in [0.1, 0.15) is 0 Å². The Morgan fingerprint density at radius 1 is 0.842 bits per heavy atom. The minimum Gasteiger partial charge on any atom is -0.271 e. The van der Waals surface area contributed by atoms with Gasteiger partial charge in [-0.25, -0.2) is 5.43 Å². The average Bonchev–Trinajstić information content (AvgIpc) is 2.38. The van der Waals surface area contributed by atoms with Crippen LogP contribution >= 0.6 is 46.4 Å². The van der Waals surface area contributed by atoms with Gasteiger partial charge in [-0.2, -0.15) is 0 Å². The van der Waals surface area contributed by atoms with Crippen LogP contribution in [0.2, 0.25) is 20.1 Å². The van der Waals surface area contributed by atoms with Crippen molar-refractivity contribution in [2.75, 3.05) is 0 Å². The number of hydrogen-bond donors (Lipinski definition) is 2. The first-order valence-corrected chi connectivity index (χ1v) is 6.90. The first-order chi connectivity index (χ1) is 9.02. The van der Waals surface area contributed by atoms with Gasteiger partial charge in [-0.1, -0.05) is 52.5 Å². The van der Waals surface area contributed by atoms with E-state index in [-0.39, 0.29) is 6.04 Å². The Morgan fingerprint density at radius 3 is 2.16 bits per heavy atom. The van der Waals surface area contributed by atoms with Crippen molar-refractivity contribution in [2.24, 2.45) is 5.84 Å². The van der Waals surface area contributed by atoms with Crippen LogP contribution in [0.3, 0.4) is 0 Å². The summed E-state index contributed by atoms with van der Waals surface area (Å²) in [6.45, 7) is 0. The minimum absolute atomic E-state index is 0.319. The van der Waals surface area contributed by atoms with Crippen molar-refractivity contribution < 1.29 is 0 Å². The lowest BCUT2D eigenvalue weighted by Gasteiger charge is -2.19. The smallest absolute Gasteiger partial charge is 0.0725 e. The third-order valence-electron chi connectivity index (χ3n) is 2.71. The molecule has 0 aliphatic carbocycles. The lowest BCUT2D eigenvalue weighted by molar-refractivity contribution is 0.637. The molecule has 2 rings (SSSR count). The van der Waals surface area contributed by atoms with Crippen LogP contribution in [-0.4, -0.2) is 0 Å². The van der Waals surface area contributed by atoms with Crippen LogP contribution in [0.25, 0.3) is 0 Å². The molecular weight excluding hydrogens is 326 g/mol. The topological polar surface area (TPSA) is 38.0 Å². The zero-order valence-corrected chi connectivity index (χ0v) is 12.7. The van der Waals surface area contributed by atoms with E-state index in [9.17, 15) is 0 Å². The van der Waals surface area contributed by atoms with Crippen LogP contribution in [0, 0.1) is 0 Å². The van der Waals surface area contributed by atoms with E-state index in [0.717, 1.165) is 11.1 Å². The summed E-state index contributed by atoms with van der Waals surface area (Å²) < 4.78 is 0. The average molecular weight is 336 g/mol. The molecule has 6 heteroatoms. The zero-order chi connectivity index (χ0) is 14.0. The Bertz CT molecular complexity index is 601. The standard InChI is InChI=1S/C13H10Cl4N2/c14-8-2-4-10(15)9(6-8)13(19-18)7-1-3-11(16)12(17)5-7/h1-6,13,19H,18H2. The largest absolute Gasteiger partial charge is 0.271 e. The predicted octanol–water partition coefficient (Wildman–Crippen LogP) is 4.85. The highest BCUT2D eigenvalue weighted by Gasteiger charge is 2.17. The Kier molecular flexibility index (Phi) is 4.96. The second kappa shape index (κ2) is 6.31. The Morgan fingerprint density at radius 2 is 1.53 bits per heavy atom. The Hall–Kier alpha value is -0.480. The Balaban J connectivity index is 2.49. The van der Waals surface area contributed by atoms with Gasteiger partial charge in [0, 0.05) is 10.0 Å². The highest BCUT2D eigenvalue weighted by Crippen LogP contribution is 2.33. The first-order valence-electron chi connectivity index (χ1n) is 5.39. The highest BCUT2D eigenvalue weighted by molar-refractivity contribution is 6.42. The molecule has 0 radical (unpaired) electrons. The van der Waals surface area contributed by atoms with Crippen molar-refractivity contribution in [1.29, 1.82) is 0 Å². The van der Waals surface area contributed by atoms with Crippen molar-refractivity contribution in [3.63, 3.8) is 0 Å². The molecule has 0 amide bonds. The second-order valence-corrected chi connectivity index (χ2v) is 5.60. The number of halogens is 4. The quantitative estimate of drug-likeness (QED) is 0.621. The fraction of sp³-hybridized carbons (Fsp3) is 0.0769. The van der Waals surface area contributed by atoms with Gasteiger partial charge in [-0.3, -0.25) is 5.84 Å². The summed E-state index contributed by atoms with van der Waals surface area (Å²) in [6.07, 6.45) is 0. The molecule has 3 N–H and O–H groups in total. The van der Waals surface area contributed by atoms with E-state index in [1.165, 1.54) is 0 Å².